The molecule has 1 aliphatic carbocycles. The topological polar surface area (TPSA) is 61.8 Å². The minimum atomic E-state index is -0.731. The molecule has 2 rings (SSSR count). The second-order valence-corrected chi connectivity index (χ2v) is 5.53. The fourth-order valence-corrected chi connectivity index (χ4v) is 2.61. The summed E-state index contributed by atoms with van der Waals surface area (Å²) in [6.45, 7) is 3.71. The van der Waals surface area contributed by atoms with Gasteiger partial charge in [-0.15, -0.1) is 0 Å². The Kier molecular flexibility index (Phi) is 4.59. The van der Waals surface area contributed by atoms with Gasteiger partial charge in [-0.05, 0) is 39.7 Å². The van der Waals surface area contributed by atoms with E-state index in [0.29, 0.717) is 18.5 Å². The smallest absolute Gasteiger partial charge is 0.320 e. The third-order valence-corrected chi connectivity index (χ3v) is 3.99. The summed E-state index contributed by atoms with van der Waals surface area (Å²) in [7, 11) is 2.06. The molecule has 1 aliphatic heterocycles. The van der Waals surface area contributed by atoms with E-state index in [9.17, 15) is 9.90 Å². The first-order valence-corrected chi connectivity index (χ1v) is 6.88. The first-order chi connectivity index (χ1) is 8.58. The standard InChI is InChI=1S/C13H24N2O3/c1-9-12(6-8-18-9)15(2)7-5-11(13(16)17)14-10-3-4-10/h9-12,14H,3-8H2,1-2H3,(H,16,17). The van der Waals surface area contributed by atoms with E-state index < -0.39 is 12.0 Å². The van der Waals surface area contributed by atoms with E-state index in [-0.39, 0.29) is 6.10 Å². The highest BCUT2D eigenvalue weighted by Gasteiger charge is 2.31. The summed E-state index contributed by atoms with van der Waals surface area (Å²) in [6.07, 6.45) is 4.20. The lowest BCUT2D eigenvalue weighted by atomic mass is 10.1. The number of ether oxygens (including phenoxy) is 1. The van der Waals surface area contributed by atoms with Gasteiger partial charge in [0, 0.05) is 25.2 Å². The lowest BCUT2D eigenvalue weighted by Gasteiger charge is -2.27. The third-order valence-electron chi connectivity index (χ3n) is 3.99. The van der Waals surface area contributed by atoms with Crippen molar-refractivity contribution in [3.8, 4) is 0 Å². The minimum Gasteiger partial charge on any atom is -0.480 e. The molecule has 5 heteroatoms. The van der Waals surface area contributed by atoms with E-state index >= 15 is 0 Å². The molecule has 0 radical (unpaired) electrons. The number of carbonyl (C=O) groups is 1. The Labute approximate surface area is 108 Å². The molecule has 0 aromatic rings. The van der Waals surface area contributed by atoms with E-state index in [1.54, 1.807) is 0 Å². The molecule has 3 unspecified atom stereocenters. The zero-order valence-electron chi connectivity index (χ0n) is 11.3. The first-order valence-electron chi connectivity index (χ1n) is 6.88. The fourth-order valence-electron chi connectivity index (χ4n) is 2.61. The van der Waals surface area contributed by atoms with Crippen LogP contribution in [0.4, 0.5) is 0 Å². The van der Waals surface area contributed by atoms with Crippen LogP contribution in [0, 0.1) is 0 Å². The maximum atomic E-state index is 11.2. The predicted molar refractivity (Wildman–Crippen MR) is 68.6 cm³/mol. The van der Waals surface area contributed by atoms with Crippen LogP contribution in [0.2, 0.25) is 0 Å². The van der Waals surface area contributed by atoms with Crippen molar-refractivity contribution >= 4 is 5.97 Å². The zero-order chi connectivity index (χ0) is 13.1. The molecule has 2 aliphatic rings. The number of nitrogens with one attached hydrogen (secondary N) is 1. The van der Waals surface area contributed by atoms with Crippen molar-refractivity contribution in [1.82, 2.24) is 10.2 Å². The highest BCUT2D eigenvalue weighted by atomic mass is 16.5. The van der Waals surface area contributed by atoms with Gasteiger partial charge in [0.2, 0.25) is 0 Å². The molecular weight excluding hydrogens is 232 g/mol. The molecule has 104 valence electrons. The lowest BCUT2D eigenvalue weighted by molar-refractivity contribution is -0.139. The van der Waals surface area contributed by atoms with Gasteiger partial charge in [-0.25, -0.2) is 0 Å². The summed E-state index contributed by atoms with van der Waals surface area (Å²) in [4.78, 5) is 13.4. The number of carboxylic acids is 1. The van der Waals surface area contributed by atoms with Crippen LogP contribution in [0.3, 0.4) is 0 Å². The zero-order valence-corrected chi connectivity index (χ0v) is 11.3. The summed E-state index contributed by atoms with van der Waals surface area (Å²) in [6, 6.07) is 0.461. The molecule has 2 fully saturated rings. The molecule has 18 heavy (non-hydrogen) atoms. The molecule has 5 nitrogen and oxygen atoms in total. The second-order valence-electron chi connectivity index (χ2n) is 5.53. The Morgan fingerprint density at radius 3 is 2.72 bits per heavy atom. The van der Waals surface area contributed by atoms with Crippen LogP contribution < -0.4 is 5.32 Å². The summed E-state index contributed by atoms with van der Waals surface area (Å²) in [5, 5.41) is 12.4. The van der Waals surface area contributed by atoms with Crippen molar-refractivity contribution in [1.29, 1.82) is 0 Å². The van der Waals surface area contributed by atoms with Gasteiger partial charge >= 0.3 is 5.97 Å². The Morgan fingerprint density at radius 1 is 1.50 bits per heavy atom. The van der Waals surface area contributed by atoms with Crippen molar-refractivity contribution in [2.45, 2.75) is 56.8 Å². The normalized spacial score (nSPS) is 29.7. The molecular formula is C13H24N2O3. The number of hydrogen-bond acceptors (Lipinski definition) is 4. The Morgan fingerprint density at radius 2 is 2.22 bits per heavy atom. The molecule has 0 aromatic carbocycles. The number of likely N-dealkylation sites (N-methyl/N-ethyl adjacent to an activating group) is 1. The maximum Gasteiger partial charge on any atom is 0.320 e. The highest BCUT2D eigenvalue weighted by molar-refractivity contribution is 5.73. The number of aliphatic carboxylic acids is 1. The number of hydrogen-bond donors (Lipinski definition) is 2. The van der Waals surface area contributed by atoms with Gasteiger partial charge < -0.3 is 20.1 Å². The van der Waals surface area contributed by atoms with Crippen LogP contribution >= 0.6 is 0 Å². The number of nitrogens with zero attached hydrogens (tertiary/aromatic N) is 1. The maximum absolute atomic E-state index is 11.2. The van der Waals surface area contributed by atoms with Gasteiger partial charge in [-0.1, -0.05) is 0 Å². The van der Waals surface area contributed by atoms with E-state index in [1.807, 2.05) is 0 Å². The van der Waals surface area contributed by atoms with Crippen molar-refractivity contribution < 1.29 is 14.6 Å². The monoisotopic (exact) mass is 256 g/mol. The van der Waals surface area contributed by atoms with Crippen LogP contribution in [0.1, 0.15) is 32.6 Å². The van der Waals surface area contributed by atoms with Crippen LogP contribution in [0.15, 0.2) is 0 Å². The van der Waals surface area contributed by atoms with Crippen LogP contribution in [0.5, 0.6) is 0 Å². The van der Waals surface area contributed by atoms with E-state index in [2.05, 4.69) is 24.2 Å². The second kappa shape index (κ2) is 5.99. The largest absolute Gasteiger partial charge is 0.480 e. The fraction of sp³-hybridized carbons (Fsp3) is 0.923. The summed E-state index contributed by atoms with van der Waals surface area (Å²) < 4.78 is 5.54. The average Bonchev–Trinajstić information content (AvgIpc) is 3.04. The lowest BCUT2D eigenvalue weighted by Crippen LogP contribution is -2.43. The molecule has 1 saturated heterocycles. The molecule has 0 bridgehead atoms. The van der Waals surface area contributed by atoms with Gasteiger partial charge in [0.05, 0.1) is 6.10 Å². The molecule has 1 saturated carbocycles. The predicted octanol–water partition coefficient (Wildman–Crippen LogP) is 0.691. The van der Waals surface area contributed by atoms with E-state index in [4.69, 9.17) is 4.74 Å². The first kappa shape index (κ1) is 13.8. The molecule has 3 atom stereocenters. The number of carboxylic acid groups (broad SMARTS) is 1. The van der Waals surface area contributed by atoms with Crippen LogP contribution in [-0.2, 0) is 9.53 Å². The Balaban J connectivity index is 1.75. The average molecular weight is 256 g/mol. The molecule has 2 N–H and O–H groups in total. The molecule has 0 amide bonds. The third kappa shape index (κ3) is 3.67. The Bertz CT molecular complexity index is 294. The van der Waals surface area contributed by atoms with Gasteiger partial charge in [0.15, 0.2) is 0 Å². The van der Waals surface area contributed by atoms with Crippen LogP contribution in [0.25, 0.3) is 0 Å². The van der Waals surface area contributed by atoms with Gasteiger partial charge in [-0.3, -0.25) is 4.79 Å². The summed E-state index contributed by atoms with van der Waals surface area (Å²) in [5.74, 6) is -0.731. The molecule has 0 spiro atoms. The summed E-state index contributed by atoms with van der Waals surface area (Å²) >= 11 is 0. The highest BCUT2D eigenvalue weighted by Crippen LogP contribution is 2.21. The van der Waals surface area contributed by atoms with Gasteiger partial charge in [0.25, 0.3) is 0 Å². The summed E-state index contributed by atoms with van der Waals surface area (Å²) in [5.41, 5.74) is 0. The van der Waals surface area contributed by atoms with Gasteiger partial charge in [0.1, 0.15) is 6.04 Å². The van der Waals surface area contributed by atoms with Gasteiger partial charge in [-0.2, -0.15) is 0 Å². The van der Waals surface area contributed by atoms with Crippen molar-refractivity contribution in [3.05, 3.63) is 0 Å². The van der Waals surface area contributed by atoms with Crippen molar-refractivity contribution in [2.75, 3.05) is 20.2 Å². The van der Waals surface area contributed by atoms with Crippen molar-refractivity contribution in [2.24, 2.45) is 0 Å². The van der Waals surface area contributed by atoms with E-state index in [1.165, 1.54) is 0 Å². The number of rotatable bonds is 7. The Hall–Kier alpha value is -0.650. The van der Waals surface area contributed by atoms with E-state index in [0.717, 1.165) is 32.4 Å². The quantitative estimate of drug-likeness (QED) is 0.702. The van der Waals surface area contributed by atoms with Crippen molar-refractivity contribution in [3.63, 3.8) is 0 Å². The molecule has 0 aromatic heterocycles. The molecule has 1 heterocycles. The van der Waals surface area contributed by atoms with Crippen LogP contribution in [-0.4, -0.2) is 60.4 Å². The SMILES string of the molecule is CC1OCCC1N(C)CCC(NC1CC1)C(=O)O. The minimum absolute atomic E-state index is 0.259.